The van der Waals surface area contributed by atoms with Gasteiger partial charge in [0, 0.05) is 0 Å². The first-order chi connectivity index (χ1) is 11.3. The lowest BCUT2D eigenvalue weighted by molar-refractivity contribution is -0.659. The predicted octanol–water partition coefficient (Wildman–Crippen LogP) is 3.07. The van der Waals surface area contributed by atoms with Crippen molar-refractivity contribution in [2.45, 2.75) is 24.9 Å². The molecule has 0 spiro atoms. The van der Waals surface area contributed by atoms with Gasteiger partial charge < -0.3 is 5.32 Å². The van der Waals surface area contributed by atoms with Gasteiger partial charge in [-0.1, -0.05) is 42.0 Å². The van der Waals surface area contributed by atoms with Crippen molar-refractivity contribution in [3.8, 4) is 0 Å². The number of hydrogen-bond donors (Lipinski definition) is 0. The molecule has 0 N–H and O–H groups in total. The molecule has 1 aromatic heterocycles. The first-order valence-corrected chi connectivity index (χ1v) is 8.07. The van der Waals surface area contributed by atoms with Crippen LogP contribution in [0.5, 0.6) is 0 Å². The van der Waals surface area contributed by atoms with Gasteiger partial charge in [-0.3, -0.25) is 0 Å². The normalized spacial score (nSPS) is 21.4. The van der Waals surface area contributed by atoms with Gasteiger partial charge in [-0.25, -0.2) is 9.36 Å². The van der Waals surface area contributed by atoms with E-state index in [9.17, 15) is 4.79 Å². The number of fused-ring (bicyclic) bond motifs is 6. The van der Waals surface area contributed by atoms with E-state index in [1.165, 1.54) is 5.56 Å². The fourth-order valence-corrected chi connectivity index (χ4v) is 4.22. The average Bonchev–Trinajstić information content (AvgIpc) is 2.98. The zero-order valence-electron chi connectivity index (χ0n) is 12.9. The molecular formula is C19H17N3O. The quantitative estimate of drug-likeness (QED) is 0.588. The number of benzene rings is 2. The van der Waals surface area contributed by atoms with Gasteiger partial charge >= 0.3 is 5.56 Å². The third-order valence-corrected chi connectivity index (χ3v) is 5.28. The van der Waals surface area contributed by atoms with Crippen LogP contribution in [0.1, 0.15) is 29.8 Å². The topological polar surface area (TPSA) is 40.0 Å². The number of para-hydroxylation sites is 2. The van der Waals surface area contributed by atoms with Crippen LogP contribution in [0, 0.1) is 0 Å². The van der Waals surface area contributed by atoms with Crippen molar-refractivity contribution in [3.05, 3.63) is 75.6 Å². The Bertz CT molecular complexity index is 1010. The Morgan fingerprint density at radius 1 is 1.13 bits per heavy atom. The van der Waals surface area contributed by atoms with Crippen molar-refractivity contribution >= 4 is 16.6 Å². The van der Waals surface area contributed by atoms with Crippen molar-refractivity contribution in [1.82, 2.24) is 4.57 Å². The Morgan fingerprint density at radius 2 is 1.91 bits per heavy atom. The van der Waals surface area contributed by atoms with Gasteiger partial charge in [-0.05, 0) is 30.5 Å². The van der Waals surface area contributed by atoms with Crippen molar-refractivity contribution in [2.24, 2.45) is 7.05 Å². The van der Waals surface area contributed by atoms with E-state index >= 15 is 0 Å². The number of nitrogens with zero attached hydrogens (tertiary/aromatic N) is 3. The second kappa shape index (κ2) is 4.44. The van der Waals surface area contributed by atoms with E-state index in [0.717, 1.165) is 35.4 Å². The van der Waals surface area contributed by atoms with E-state index in [0.29, 0.717) is 5.92 Å². The smallest absolute Gasteiger partial charge is 0.345 e. The number of hydrogen-bond acceptors (Lipinski definition) is 1. The van der Waals surface area contributed by atoms with Crippen LogP contribution < -0.4 is 10.1 Å². The molecule has 5 rings (SSSR count). The summed E-state index contributed by atoms with van der Waals surface area (Å²) < 4.78 is 4.09. The monoisotopic (exact) mass is 303 g/mol. The Labute approximate surface area is 134 Å². The molecule has 114 valence electrons. The summed E-state index contributed by atoms with van der Waals surface area (Å²) in [6, 6.07) is 16.3. The first kappa shape index (κ1) is 12.9. The van der Waals surface area contributed by atoms with Gasteiger partial charge in [0.1, 0.15) is 10.9 Å². The summed E-state index contributed by atoms with van der Waals surface area (Å²) in [6.07, 6.45) is 0.969. The van der Waals surface area contributed by atoms with Gasteiger partial charge in [0.15, 0.2) is 0 Å². The minimum absolute atomic E-state index is 0.0449. The van der Waals surface area contributed by atoms with Gasteiger partial charge in [0.05, 0.1) is 13.6 Å². The fourth-order valence-electron chi connectivity index (χ4n) is 4.22. The van der Waals surface area contributed by atoms with Crippen LogP contribution >= 0.6 is 0 Å². The van der Waals surface area contributed by atoms with Crippen molar-refractivity contribution in [3.63, 3.8) is 0 Å². The van der Waals surface area contributed by atoms with Crippen molar-refractivity contribution in [2.75, 3.05) is 0 Å². The summed E-state index contributed by atoms with van der Waals surface area (Å²) in [7, 11) is 2.05. The third kappa shape index (κ3) is 1.61. The summed E-state index contributed by atoms with van der Waals surface area (Å²) in [5.74, 6) is 1.42. The Morgan fingerprint density at radius 3 is 2.83 bits per heavy atom. The summed E-state index contributed by atoms with van der Waals surface area (Å²) >= 11 is 0. The predicted molar refractivity (Wildman–Crippen MR) is 88.9 cm³/mol. The minimum atomic E-state index is 0.0449. The first-order valence-electron chi connectivity index (χ1n) is 8.07. The van der Waals surface area contributed by atoms with Gasteiger partial charge in [-0.15, -0.1) is 5.69 Å². The summed E-state index contributed by atoms with van der Waals surface area (Å²) in [6.45, 7) is 0.762. The molecule has 0 amide bonds. The molecule has 0 saturated carbocycles. The van der Waals surface area contributed by atoms with Gasteiger partial charge in [0.2, 0.25) is 5.82 Å². The van der Waals surface area contributed by atoms with Crippen LogP contribution in [0.4, 0.5) is 5.69 Å². The fraction of sp³-hybridized carbons (Fsp3) is 0.263. The lowest BCUT2D eigenvalue weighted by Gasteiger charge is -2.33. The third-order valence-electron chi connectivity index (χ3n) is 5.28. The Balaban J connectivity index is 1.80. The van der Waals surface area contributed by atoms with Crippen LogP contribution in [0.3, 0.4) is 0 Å². The van der Waals surface area contributed by atoms with E-state index in [1.54, 1.807) is 0 Å². The Hall–Kier alpha value is -2.62. The molecule has 3 heterocycles. The van der Waals surface area contributed by atoms with Crippen LogP contribution in [0.2, 0.25) is 0 Å². The van der Waals surface area contributed by atoms with Gasteiger partial charge in [0.25, 0.3) is 0 Å². The molecule has 4 nitrogen and oxygen atoms in total. The zero-order chi connectivity index (χ0) is 15.6. The minimum Gasteiger partial charge on any atom is -0.671 e. The lowest BCUT2D eigenvalue weighted by Crippen LogP contribution is -2.47. The highest BCUT2D eigenvalue weighted by Crippen LogP contribution is 2.54. The molecule has 3 aromatic rings. The van der Waals surface area contributed by atoms with E-state index < -0.39 is 0 Å². The number of rotatable bonds is 0. The van der Waals surface area contributed by atoms with E-state index in [2.05, 4.69) is 29.8 Å². The molecule has 0 aliphatic carbocycles. The molecule has 23 heavy (non-hydrogen) atoms. The van der Waals surface area contributed by atoms with Gasteiger partial charge in [-0.2, -0.15) is 4.57 Å². The maximum absolute atomic E-state index is 12.9. The molecule has 2 aromatic carbocycles. The second-order valence-electron chi connectivity index (χ2n) is 6.42. The van der Waals surface area contributed by atoms with Crippen LogP contribution in [0.25, 0.3) is 16.2 Å². The lowest BCUT2D eigenvalue weighted by atomic mass is 9.88. The molecule has 0 bridgehead atoms. The van der Waals surface area contributed by atoms with E-state index in [4.69, 9.17) is 5.32 Å². The average molecular weight is 303 g/mol. The highest BCUT2D eigenvalue weighted by Gasteiger charge is 2.37. The molecule has 0 saturated heterocycles. The molecule has 0 fully saturated rings. The number of aromatic nitrogens is 2. The zero-order valence-corrected chi connectivity index (χ0v) is 12.9. The molecule has 2 aliphatic rings. The molecule has 2 unspecified atom stereocenters. The van der Waals surface area contributed by atoms with E-state index in [1.807, 2.05) is 34.9 Å². The summed E-state index contributed by atoms with van der Waals surface area (Å²) in [5, 5.41) is 5.73. The largest absolute Gasteiger partial charge is 0.671 e. The van der Waals surface area contributed by atoms with Crippen LogP contribution in [0.15, 0.2) is 53.3 Å². The van der Waals surface area contributed by atoms with E-state index in [-0.39, 0.29) is 11.6 Å². The SMILES string of the molecule is C[n+]1c2n(c(=O)c3ccccc31)CCC1c3ccccc3[N-]C21. The molecule has 2 atom stereocenters. The maximum atomic E-state index is 12.9. The standard InChI is InChI=1S/C19H17N3O/c1-21-16-9-5-3-7-14(16)19(23)22-11-10-13-12-6-2-4-8-15(12)20-17(13)18(21)22/h2-9,13,17H,10-11H2,1H3. The summed E-state index contributed by atoms with van der Waals surface area (Å²) in [5.41, 5.74) is 3.50. The highest BCUT2D eigenvalue weighted by molar-refractivity contribution is 5.74. The summed E-state index contributed by atoms with van der Waals surface area (Å²) in [4.78, 5) is 12.9. The second-order valence-corrected chi connectivity index (χ2v) is 6.42. The van der Waals surface area contributed by atoms with Crippen molar-refractivity contribution in [1.29, 1.82) is 0 Å². The van der Waals surface area contributed by atoms with Crippen LogP contribution in [-0.4, -0.2) is 4.57 Å². The number of aryl methyl sites for hydroxylation is 1. The molecular weight excluding hydrogens is 286 g/mol. The molecule has 0 radical (unpaired) electrons. The molecule has 2 aliphatic heterocycles. The van der Waals surface area contributed by atoms with Crippen LogP contribution in [-0.2, 0) is 13.6 Å². The Kier molecular flexibility index (Phi) is 2.49. The maximum Gasteiger partial charge on any atom is 0.345 e. The van der Waals surface area contributed by atoms with Crippen molar-refractivity contribution < 1.29 is 4.57 Å². The highest BCUT2D eigenvalue weighted by atomic mass is 16.1. The molecule has 4 heteroatoms.